The van der Waals surface area contributed by atoms with E-state index in [0.717, 1.165) is 17.1 Å². The fourth-order valence-electron chi connectivity index (χ4n) is 1.81. The van der Waals surface area contributed by atoms with Gasteiger partial charge in [-0.15, -0.1) is 10.2 Å². The number of fused-ring (bicyclic) bond motifs is 1. The second-order valence-corrected chi connectivity index (χ2v) is 5.36. The molecule has 2 heterocycles. The van der Waals surface area contributed by atoms with Crippen LogP contribution in [-0.2, 0) is 4.79 Å². The average molecular weight is 317 g/mol. The highest BCUT2D eigenvalue weighted by molar-refractivity contribution is 7.99. The Bertz CT molecular complexity index is 887. The van der Waals surface area contributed by atoms with E-state index in [1.165, 1.54) is 6.07 Å². The van der Waals surface area contributed by atoms with Crippen molar-refractivity contribution in [1.82, 2.24) is 10.2 Å². The molecule has 8 heteroatoms. The Morgan fingerprint density at radius 1 is 1.23 bits per heavy atom. The molecule has 22 heavy (non-hydrogen) atoms. The van der Waals surface area contributed by atoms with Gasteiger partial charge in [0.1, 0.15) is 5.58 Å². The van der Waals surface area contributed by atoms with Gasteiger partial charge < -0.3 is 14.2 Å². The molecule has 0 fully saturated rings. The van der Waals surface area contributed by atoms with Crippen LogP contribution >= 0.6 is 11.8 Å². The van der Waals surface area contributed by atoms with Gasteiger partial charge in [-0.2, -0.15) is 0 Å². The predicted octanol–water partition coefficient (Wildman–Crippen LogP) is 2.22. The van der Waals surface area contributed by atoms with Gasteiger partial charge in [0.2, 0.25) is 11.8 Å². The smallest absolute Gasteiger partial charge is 0.336 e. The molecule has 7 nitrogen and oxygen atoms in total. The van der Waals surface area contributed by atoms with Crippen LogP contribution in [0.3, 0.4) is 0 Å². The monoisotopic (exact) mass is 317 g/mol. The lowest BCUT2D eigenvalue weighted by atomic mass is 10.2. The van der Waals surface area contributed by atoms with E-state index in [-0.39, 0.29) is 11.7 Å². The van der Waals surface area contributed by atoms with Crippen molar-refractivity contribution < 1.29 is 13.6 Å². The Balaban J connectivity index is 1.66. The first-order valence-electron chi connectivity index (χ1n) is 6.37. The number of aryl methyl sites for hydroxylation is 1. The lowest BCUT2D eigenvalue weighted by molar-refractivity contribution is -0.113. The van der Waals surface area contributed by atoms with Gasteiger partial charge in [0.25, 0.3) is 5.22 Å². The number of hydrogen-bond donors (Lipinski definition) is 1. The van der Waals surface area contributed by atoms with E-state index >= 15 is 0 Å². The minimum absolute atomic E-state index is 0.156. The molecule has 0 aliphatic heterocycles. The van der Waals surface area contributed by atoms with Gasteiger partial charge in [-0.3, -0.25) is 4.79 Å². The largest absolute Gasteiger partial charge is 0.423 e. The number of thioether (sulfide) groups is 1. The zero-order chi connectivity index (χ0) is 15.5. The lowest BCUT2D eigenvalue weighted by Gasteiger charge is -2.05. The zero-order valence-corrected chi connectivity index (χ0v) is 12.3. The van der Waals surface area contributed by atoms with Crippen LogP contribution in [-0.4, -0.2) is 21.9 Å². The van der Waals surface area contributed by atoms with Crippen molar-refractivity contribution in [3.8, 4) is 0 Å². The average Bonchev–Trinajstić information content (AvgIpc) is 2.91. The van der Waals surface area contributed by atoms with Crippen LogP contribution in [0.4, 0.5) is 5.69 Å². The van der Waals surface area contributed by atoms with Crippen LogP contribution in [0.25, 0.3) is 11.0 Å². The molecular weight excluding hydrogens is 306 g/mol. The summed E-state index contributed by atoms with van der Waals surface area (Å²) in [5, 5.41) is 11.3. The summed E-state index contributed by atoms with van der Waals surface area (Å²) in [6.45, 7) is 1.69. The van der Waals surface area contributed by atoms with Crippen LogP contribution in [0.2, 0.25) is 0 Å². The Morgan fingerprint density at radius 3 is 2.86 bits per heavy atom. The van der Waals surface area contributed by atoms with Gasteiger partial charge in [0, 0.05) is 24.1 Å². The first-order chi connectivity index (χ1) is 10.6. The maximum absolute atomic E-state index is 11.9. The number of anilines is 1. The third-order valence-electron chi connectivity index (χ3n) is 2.74. The number of benzene rings is 1. The van der Waals surface area contributed by atoms with E-state index < -0.39 is 5.63 Å². The van der Waals surface area contributed by atoms with Crippen LogP contribution in [0.15, 0.2) is 49.2 Å². The maximum atomic E-state index is 11.9. The van der Waals surface area contributed by atoms with Crippen LogP contribution in [0.5, 0.6) is 0 Å². The summed E-state index contributed by atoms with van der Waals surface area (Å²) in [4.78, 5) is 23.0. The van der Waals surface area contributed by atoms with Gasteiger partial charge in [-0.05, 0) is 24.3 Å². The predicted molar refractivity (Wildman–Crippen MR) is 80.9 cm³/mol. The molecule has 0 aliphatic rings. The molecule has 1 N–H and O–H groups in total. The highest BCUT2D eigenvalue weighted by Crippen LogP contribution is 2.19. The molecule has 1 aromatic carbocycles. The molecule has 2 aromatic heterocycles. The maximum Gasteiger partial charge on any atom is 0.336 e. The third kappa shape index (κ3) is 3.34. The number of rotatable bonds is 4. The normalized spacial score (nSPS) is 10.8. The standard InChI is InChI=1S/C14H11N3O4S/c1-8-16-17-14(20-8)22-7-12(18)15-10-3-4-11-9(6-10)2-5-13(19)21-11/h2-6H,7H2,1H3,(H,15,18). The second-order valence-electron chi connectivity index (χ2n) is 4.43. The van der Waals surface area contributed by atoms with Crippen LogP contribution < -0.4 is 10.9 Å². The highest BCUT2D eigenvalue weighted by Gasteiger charge is 2.08. The topological polar surface area (TPSA) is 98.2 Å². The van der Waals surface area contributed by atoms with E-state index in [1.54, 1.807) is 31.2 Å². The number of carbonyl (C=O) groups excluding carboxylic acids is 1. The summed E-state index contributed by atoms with van der Waals surface area (Å²) >= 11 is 1.16. The van der Waals surface area contributed by atoms with Crippen molar-refractivity contribution in [2.45, 2.75) is 12.1 Å². The van der Waals surface area contributed by atoms with Crippen LogP contribution in [0.1, 0.15) is 5.89 Å². The number of hydrogen-bond acceptors (Lipinski definition) is 7. The van der Waals surface area contributed by atoms with Crippen molar-refractivity contribution in [3.63, 3.8) is 0 Å². The SMILES string of the molecule is Cc1nnc(SCC(=O)Nc2ccc3oc(=O)ccc3c2)o1. The summed E-state index contributed by atoms with van der Waals surface area (Å²) in [5.41, 5.74) is 0.686. The molecule has 3 rings (SSSR count). The van der Waals surface area contributed by atoms with E-state index in [0.29, 0.717) is 22.4 Å². The fourth-order valence-corrected chi connectivity index (χ4v) is 2.42. The number of nitrogens with zero attached hydrogens (tertiary/aromatic N) is 2. The Labute approximate surface area is 128 Å². The van der Waals surface area contributed by atoms with E-state index in [9.17, 15) is 9.59 Å². The molecule has 0 aliphatic carbocycles. The number of aromatic nitrogens is 2. The van der Waals surface area contributed by atoms with Crippen molar-refractivity contribution in [1.29, 1.82) is 0 Å². The summed E-state index contributed by atoms with van der Waals surface area (Å²) in [6.07, 6.45) is 0. The van der Waals surface area contributed by atoms with Gasteiger partial charge >= 0.3 is 5.63 Å². The molecule has 0 saturated carbocycles. The Kier molecular flexibility index (Phi) is 3.92. The molecule has 0 unspecified atom stereocenters. The molecule has 0 radical (unpaired) electrons. The summed E-state index contributed by atoms with van der Waals surface area (Å²) in [7, 11) is 0. The Morgan fingerprint density at radius 2 is 2.09 bits per heavy atom. The van der Waals surface area contributed by atoms with Crippen molar-refractivity contribution >= 4 is 34.3 Å². The highest BCUT2D eigenvalue weighted by atomic mass is 32.2. The summed E-state index contributed by atoms with van der Waals surface area (Å²) < 4.78 is 10.2. The van der Waals surface area contributed by atoms with Gasteiger partial charge in [0.05, 0.1) is 5.75 Å². The summed E-state index contributed by atoms with van der Waals surface area (Å²) in [5.74, 6) is 0.417. The van der Waals surface area contributed by atoms with Gasteiger partial charge in [-0.25, -0.2) is 4.79 Å². The van der Waals surface area contributed by atoms with Crippen molar-refractivity contribution in [2.75, 3.05) is 11.1 Å². The van der Waals surface area contributed by atoms with Crippen LogP contribution in [0, 0.1) is 6.92 Å². The first kappa shape index (κ1) is 14.3. The molecule has 112 valence electrons. The van der Waals surface area contributed by atoms with Crippen molar-refractivity contribution in [2.24, 2.45) is 0 Å². The molecule has 1 amide bonds. The number of amides is 1. The molecule has 0 atom stereocenters. The number of carbonyl (C=O) groups is 1. The molecular formula is C14H11N3O4S. The lowest BCUT2D eigenvalue weighted by Crippen LogP contribution is -2.14. The Hall–Kier alpha value is -2.61. The van der Waals surface area contributed by atoms with Gasteiger partial charge in [0.15, 0.2) is 0 Å². The molecule has 0 spiro atoms. The number of nitrogens with one attached hydrogen (secondary N) is 1. The first-order valence-corrected chi connectivity index (χ1v) is 7.35. The molecule has 3 aromatic rings. The quantitative estimate of drug-likeness (QED) is 0.582. The second kappa shape index (κ2) is 6.02. The minimum Gasteiger partial charge on any atom is -0.423 e. The zero-order valence-electron chi connectivity index (χ0n) is 11.5. The molecule has 0 saturated heterocycles. The molecule has 0 bridgehead atoms. The van der Waals surface area contributed by atoms with Crippen molar-refractivity contribution in [3.05, 3.63) is 46.6 Å². The third-order valence-corrected chi connectivity index (χ3v) is 3.56. The van der Waals surface area contributed by atoms with Gasteiger partial charge in [-0.1, -0.05) is 11.8 Å². The minimum atomic E-state index is -0.407. The van der Waals surface area contributed by atoms with E-state index in [2.05, 4.69) is 15.5 Å². The van der Waals surface area contributed by atoms with E-state index in [4.69, 9.17) is 8.83 Å². The fraction of sp³-hybridized carbons (Fsp3) is 0.143. The van der Waals surface area contributed by atoms with E-state index in [1.807, 2.05) is 0 Å². The summed E-state index contributed by atoms with van der Waals surface area (Å²) in [6, 6.07) is 8.03.